The molecule has 2 N–H and O–H groups in total. The van der Waals surface area contributed by atoms with Crippen molar-refractivity contribution < 1.29 is 14.5 Å². The highest BCUT2D eigenvalue weighted by Gasteiger charge is 2.17. The number of nitro groups is 1. The van der Waals surface area contributed by atoms with Crippen molar-refractivity contribution in [3.8, 4) is 5.75 Å². The minimum absolute atomic E-state index is 0.119. The van der Waals surface area contributed by atoms with Crippen LogP contribution >= 0.6 is 0 Å². The number of hydrogen-bond donors (Lipinski definition) is 2. The molecule has 0 aliphatic carbocycles. The van der Waals surface area contributed by atoms with E-state index in [9.17, 15) is 14.9 Å². The summed E-state index contributed by atoms with van der Waals surface area (Å²) in [6, 6.07) is 9.46. The highest BCUT2D eigenvalue weighted by atomic mass is 16.6. The fourth-order valence-corrected chi connectivity index (χ4v) is 2.52. The van der Waals surface area contributed by atoms with Crippen LogP contribution in [0.2, 0.25) is 0 Å². The van der Waals surface area contributed by atoms with Gasteiger partial charge in [-0.05, 0) is 50.1 Å². The van der Waals surface area contributed by atoms with Gasteiger partial charge in [-0.15, -0.1) is 0 Å². The number of carbonyl (C=O) groups is 1. The molecule has 0 radical (unpaired) electrons. The van der Waals surface area contributed by atoms with Gasteiger partial charge >= 0.3 is 0 Å². The van der Waals surface area contributed by atoms with Gasteiger partial charge < -0.3 is 15.4 Å². The average molecular weight is 343 g/mol. The zero-order valence-corrected chi connectivity index (χ0v) is 14.6. The summed E-state index contributed by atoms with van der Waals surface area (Å²) in [5, 5.41) is 16.7. The van der Waals surface area contributed by atoms with Crippen molar-refractivity contribution in [3.63, 3.8) is 0 Å². The predicted octanol–water partition coefficient (Wildman–Crippen LogP) is 3.66. The number of nitrogens with one attached hydrogen (secondary N) is 2. The van der Waals surface area contributed by atoms with Crippen molar-refractivity contribution >= 4 is 23.0 Å². The van der Waals surface area contributed by atoms with Gasteiger partial charge in [-0.1, -0.05) is 6.07 Å². The van der Waals surface area contributed by atoms with E-state index in [1.54, 1.807) is 6.92 Å². The summed E-state index contributed by atoms with van der Waals surface area (Å²) < 4.78 is 5.15. The summed E-state index contributed by atoms with van der Waals surface area (Å²) in [4.78, 5) is 22.8. The number of amides is 1. The van der Waals surface area contributed by atoms with Crippen molar-refractivity contribution in [3.05, 3.63) is 57.6 Å². The van der Waals surface area contributed by atoms with Gasteiger partial charge in [0.1, 0.15) is 11.8 Å². The lowest BCUT2D eigenvalue weighted by atomic mass is 10.1. The number of ether oxygens (including phenoxy) is 1. The zero-order valence-electron chi connectivity index (χ0n) is 14.6. The number of rotatable bonds is 6. The molecular formula is C18H21N3O4. The number of non-ortho nitro benzene ring substituents is 1. The summed E-state index contributed by atoms with van der Waals surface area (Å²) >= 11 is 0. The molecule has 1 atom stereocenters. The number of carbonyl (C=O) groups excluding carboxylic acids is 1. The van der Waals surface area contributed by atoms with Crippen LogP contribution in [-0.2, 0) is 4.79 Å². The third-order valence-electron chi connectivity index (χ3n) is 3.65. The van der Waals surface area contributed by atoms with E-state index in [1.165, 1.54) is 25.3 Å². The Morgan fingerprint density at radius 3 is 2.36 bits per heavy atom. The molecule has 0 spiro atoms. The smallest absolute Gasteiger partial charge is 0.271 e. The second-order valence-electron chi connectivity index (χ2n) is 5.87. The quantitative estimate of drug-likeness (QED) is 0.617. The molecule has 0 aliphatic heterocycles. The van der Waals surface area contributed by atoms with Crippen LogP contribution in [0.25, 0.3) is 0 Å². The van der Waals surface area contributed by atoms with Crippen LogP contribution in [0.4, 0.5) is 17.1 Å². The number of methoxy groups -OCH3 is 1. The fraction of sp³-hybridized carbons (Fsp3) is 0.278. The van der Waals surface area contributed by atoms with Gasteiger partial charge in [-0.3, -0.25) is 14.9 Å². The lowest BCUT2D eigenvalue weighted by Crippen LogP contribution is -2.32. The number of benzene rings is 2. The van der Waals surface area contributed by atoms with Gasteiger partial charge in [0.05, 0.1) is 17.7 Å². The van der Waals surface area contributed by atoms with Gasteiger partial charge in [-0.25, -0.2) is 0 Å². The maximum absolute atomic E-state index is 12.4. The van der Waals surface area contributed by atoms with Crippen molar-refractivity contribution in [2.75, 3.05) is 17.7 Å². The van der Waals surface area contributed by atoms with Gasteiger partial charge in [-0.2, -0.15) is 0 Å². The molecule has 132 valence electrons. The van der Waals surface area contributed by atoms with Crippen LogP contribution < -0.4 is 15.4 Å². The first-order valence-corrected chi connectivity index (χ1v) is 7.78. The van der Waals surface area contributed by atoms with E-state index in [0.29, 0.717) is 5.75 Å². The number of anilines is 2. The molecule has 0 fully saturated rings. The average Bonchev–Trinajstić information content (AvgIpc) is 2.53. The van der Waals surface area contributed by atoms with Gasteiger partial charge in [0.2, 0.25) is 5.91 Å². The Labute approximate surface area is 146 Å². The second-order valence-corrected chi connectivity index (χ2v) is 5.87. The van der Waals surface area contributed by atoms with Crippen LogP contribution in [0, 0.1) is 24.0 Å². The van der Waals surface area contributed by atoms with E-state index in [-0.39, 0.29) is 17.3 Å². The number of hydrogen-bond acceptors (Lipinski definition) is 5. The van der Waals surface area contributed by atoms with Crippen molar-refractivity contribution in [1.82, 2.24) is 0 Å². The Morgan fingerprint density at radius 1 is 1.16 bits per heavy atom. The summed E-state index contributed by atoms with van der Waals surface area (Å²) in [6.45, 7) is 5.69. The number of aryl methyl sites for hydroxylation is 2. The first kappa shape index (κ1) is 18.3. The summed E-state index contributed by atoms with van der Waals surface area (Å²) in [7, 11) is 1.44. The molecule has 7 nitrogen and oxygen atoms in total. The Balaban J connectivity index is 2.15. The molecule has 2 aromatic rings. The van der Waals surface area contributed by atoms with Crippen molar-refractivity contribution in [2.24, 2.45) is 0 Å². The van der Waals surface area contributed by atoms with E-state index < -0.39 is 11.0 Å². The van der Waals surface area contributed by atoms with Crippen LogP contribution in [0.3, 0.4) is 0 Å². The van der Waals surface area contributed by atoms with E-state index in [1.807, 2.05) is 32.0 Å². The standard InChI is InChI=1S/C18H21N3O4/c1-11-7-12(2)9-14(8-11)19-13(3)18(22)20-16-10-15(21(23)24)5-6-17(16)25-4/h5-10,13,19H,1-4H3,(H,20,22)/t13-/m0/s1. The third kappa shape index (κ3) is 4.69. The topological polar surface area (TPSA) is 93.5 Å². The first-order chi connectivity index (χ1) is 11.8. The van der Waals surface area contributed by atoms with E-state index in [0.717, 1.165) is 16.8 Å². The molecule has 0 saturated carbocycles. The monoisotopic (exact) mass is 343 g/mol. The Hall–Kier alpha value is -3.09. The lowest BCUT2D eigenvalue weighted by Gasteiger charge is -2.17. The molecule has 0 heterocycles. The molecule has 1 amide bonds. The van der Waals surface area contributed by atoms with Crippen LogP contribution in [0.5, 0.6) is 5.75 Å². The van der Waals surface area contributed by atoms with Gasteiger partial charge in [0, 0.05) is 17.8 Å². The molecule has 0 aromatic heterocycles. The highest BCUT2D eigenvalue weighted by molar-refractivity contribution is 5.97. The molecular weight excluding hydrogens is 322 g/mol. The molecule has 0 unspecified atom stereocenters. The van der Waals surface area contributed by atoms with Crippen LogP contribution in [0.15, 0.2) is 36.4 Å². The van der Waals surface area contributed by atoms with E-state index in [2.05, 4.69) is 10.6 Å². The molecule has 0 aliphatic rings. The van der Waals surface area contributed by atoms with Gasteiger partial charge in [0.15, 0.2) is 0 Å². The maximum atomic E-state index is 12.4. The Kier molecular flexibility index (Phi) is 5.59. The van der Waals surface area contributed by atoms with Gasteiger partial charge in [0.25, 0.3) is 5.69 Å². The summed E-state index contributed by atoms with van der Waals surface area (Å²) in [5.41, 5.74) is 3.17. The Bertz CT molecular complexity index is 785. The summed E-state index contributed by atoms with van der Waals surface area (Å²) in [6.07, 6.45) is 0. The second kappa shape index (κ2) is 7.65. The van der Waals surface area contributed by atoms with E-state index >= 15 is 0 Å². The first-order valence-electron chi connectivity index (χ1n) is 7.78. The van der Waals surface area contributed by atoms with Crippen molar-refractivity contribution in [2.45, 2.75) is 26.8 Å². The molecule has 0 saturated heterocycles. The van der Waals surface area contributed by atoms with E-state index in [4.69, 9.17) is 4.74 Å². The number of nitro benzene ring substituents is 1. The molecule has 7 heteroatoms. The summed E-state index contributed by atoms with van der Waals surface area (Å²) in [5.74, 6) is 0.0375. The largest absolute Gasteiger partial charge is 0.495 e. The molecule has 25 heavy (non-hydrogen) atoms. The third-order valence-corrected chi connectivity index (χ3v) is 3.65. The highest BCUT2D eigenvalue weighted by Crippen LogP contribution is 2.29. The SMILES string of the molecule is COc1ccc([N+](=O)[O-])cc1NC(=O)[C@H](C)Nc1cc(C)cc(C)c1. The predicted molar refractivity (Wildman–Crippen MR) is 97.3 cm³/mol. The maximum Gasteiger partial charge on any atom is 0.271 e. The lowest BCUT2D eigenvalue weighted by molar-refractivity contribution is -0.384. The van der Waals surface area contributed by atoms with Crippen molar-refractivity contribution in [1.29, 1.82) is 0 Å². The molecule has 2 aromatic carbocycles. The van der Waals surface area contributed by atoms with Crippen LogP contribution in [-0.4, -0.2) is 24.0 Å². The zero-order chi connectivity index (χ0) is 18.6. The molecule has 2 rings (SSSR count). The Morgan fingerprint density at radius 2 is 1.80 bits per heavy atom. The molecule has 0 bridgehead atoms. The normalized spacial score (nSPS) is 11.5. The minimum Gasteiger partial charge on any atom is -0.495 e. The number of nitrogens with zero attached hydrogens (tertiary/aromatic N) is 1. The minimum atomic E-state index is -0.537. The fourth-order valence-electron chi connectivity index (χ4n) is 2.52. The van der Waals surface area contributed by atoms with Crippen LogP contribution in [0.1, 0.15) is 18.1 Å².